The van der Waals surface area contributed by atoms with E-state index in [4.69, 9.17) is 14.6 Å². The Morgan fingerprint density at radius 3 is 2.67 bits per heavy atom. The van der Waals surface area contributed by atoms with Crippen molar-refractivity contribution in [3.05, 3.63) is 10.1 Å². The zero-order valence-electron chi connectivity index (χ0n) is 10.9. The lowest BCUT2D eigenvalue weighted by Gasteiger charge is -2.17. The summed E-state index contributed by atoms with van der Waals surface area (Å²) in [6.45, 7) is -0.855. The van der Waals surface area contributed by atoms with Gasteiger partial charge in [0.05, 0.1) is 25.8 Å². The van der Waals surface area contributed by atoms with Gasteiger partial charge in [0, 0.05) is 0 Å². The molecule has 0 spiro atoms. The molecule has 0 aromatic carbocycles. The maximum atomic E-state index is 11.6. The molecular formula is C10H15N3O8. The van der Waals surface area contributed by atoms with E-state index in [0.717, 1.165) is 0 Å². The predicted molar refractivity (Wildman–Crippen MR) is 63.4 cm³/mol. The van der Waals surface area contributed by atoms with Crippen LogP contribution in [0.15, 0.2) is 0 Å². The molecule has 21 heavy (non-hydrogen) atoms. The van der Waals surface area contributed by atoms with E-state index >= 15 is 0 Å². The summed E-state index contributed by atoms with van der Waals surface area (Å²) in [6, 6.07) is -0.478. The van der Waals surface area contributed by atoms with Crippen LogP contribution >= 0.6 is 0 Å². The average molecular weight is 305 g/mol. The number of aliphatic hydroxyl groups is 1. The van der Waals surface area contributed by atoms with Gasteiger partial charge in [0.2, 0.25) is 11.8 Å². The first-order valence-electron chi connectivity index (χ1n) is 6.22. The molecule has 0 saturated carbocycles. The van der Waals surface area contributed by atoms with Crippen LogP contribution in [0.1, 0.15) is 0 Å². The molecule has 2 rings (SSSR count). The summed E-state index contributed by atoms with van der Waals surface area (Å²) in [6.07, 6.45) is -1.97. The van der Waals surface area contributed by atoms with Crippen LogP contribution in [-0.2, 0) is 23.9 Å². The van der Waals surface area contributed by atoms with Crippen LogP contribution in [0.5, 0.6) is 0 Å². The highest BCUT2D eigenvalue weighted by Crippen LogP contribution is 2.28. The predicted octanol–water partition coefficient (Wildman–Crippen LogP) is -3.05. The van der Waals surface area contributed by atoms with Gasteiger partial charge in [0.1, 0.15) is 18.8 Å². The Labute approximate surface area is 118 Å². The maximum absolute atomic E-state index is 11.6. The highest BCUT2D eigenvalue weighted by atomic mass is 17.0. The molecule has 0 aromatic rings. The van der Waals surface area contributed by atoms with Gasteiger partial charge in [-0.05, 0) is 0 Å². The van der Waals surface area contributed by atoms with Gasteiger partial charge in [-0.3, -0.25) is 9.59 Å². The molecule has 11 heteroatoms. The second-order valence-corrected chi connectivity index (χ2v) is 4.57. The largest absolute Gasteiger partial charge is 0.387 e. The Balaban J connectivity index is 1.80. The summed E-state index contributed by atoms with van der Waals surface area (Å²) in [5.74, 6) is -1.14. The Kier molecular flexibility index (Phi) is 4.88. The second kappa shape index (κ2) is 6.65. The van der Waals surface area contributed by atoms with Gasteiger partial charge in [-0.25, -0.2) is 0 Å². The lowest BCUT2D eigenvalue weighted by Crippen LogP contribution is -2.48. The molecule has 2 aliphatic heterocycles. The van der Waals surface area contributed by atoms with Crippen LogP contribution < -0.4 is 10.6 Å². The van der Waals surface area contributed by atoms with Gasteiger partial charge in [-0.2, -0.15) is 0 Å². The summed E-state index contributed by atoms with van der Waals surface area (Å²) < 4.78 is 10.7. The van der Waals surface area contributed by atoms with Crippen LogP contribution in [0, 0.1) is 10.1 Å². The van der Waals surface area contributed by atoms with E-state index in [1.54, 1.807) is 0 Å². The van der Waals surface area contributed by atoms with Gasteiger partial charge in [-0.1, -0.05) is 0 Å². The van der Waals surface area contributed by atoms with Crippen LogP contribution in [0.2, 0.25) is 0 Å². The molecule has 2 amide bonds. The molecule has 2 fully saturated rings. The molecule has 0 aliphatic carbocycles. The second-order valence-electron chi connectivity index (χ2n) is 4.57. The first kappa shape index (κ1) is 15.4. The SMILES string of the molecule is O=C(CO)NCC(=O)N[C@H]1CO[C@H]2[C@@H]1OC[C@H]2O[N+](=O)[O-]. The molecule has 0 bridgehead atoms. The molecule has 2 aliphatic rings. The summed E-state index contributed by atoms with van der Waals surface area (Å²) in [4.78, 5) is 37.2. The zero-order valence-corrected chi connectivity index (χ0v) is 10.9. The number of hydrogen-bond donors (Lipinski definition) is 3. The average Bonchev–Trinajstić information content (AvgIpc) is 3.00. The number of hydrogen-bond acceptors (Lipinski definition) is 8. The normalized spacial score (nSPS) is 30.5. The van der Waals surface area contributed by atoms with E-state index in [1.807, 2.05) is 0 Å². The van der Waals surface area contributed by atoms with Gasteiger partial charge < -0.3 is 30.1 Å². The molecule has 3 N–H and O–H groups in total. The number of fused-ring (bicyclic) bond motifs is 1. The minimum absolute atomic E-state index is 0.00390. The van der Waals surface area contributed by atoms with Crippen molar-refractivity contribution in [1.82, 2.24) is 10.6 Å². The third kappa shape index (κ3) is 3.77. The highest BCUT2D eigenvalue weighted by Gasteiger charge is 2.49. The van der Waals surface area contributed by atoms with Crippen molar-refractivity contribution in [3.8, 4) is 0 Å². The highest BCUT2D eigenvalue weighted by molar-refractivity contribution is 5.85. The van der Waals surface area contributed by atoms with Gasteiger partial charge in [0.25, 0.3) is 5.09 Å². The van der Waals surface area contributed by atoms with Crippen molar-refractivity contribution in [2.45, 2.75) is 24.4 Å². The number of nitrogens with one attached hydrogen (secondary N) is 2. The maximum Gasteiger partial charge on any atom is 0.294 e. The van der Waals surface area contributed by atoms with E-state index < -0.39 is 47.9 Å². The van der Waals surface area contributed by atoms with Gasteiger partial charge in [-0.15, -0.1) is 10.1 Å². The van der Waals surface area contributed by atoms with Crippen molar-refractivity contribution in [2.75, 3.05) is 26.4 Å². The Morgan fingerprint density at radius 1 is 1.29 bits per heavy atom. The fourth-order valence-corrected chi connectivity index (χ4v) is 2.28. The van der Waals surface area contributed by atoms with Gasteiger partial charge >= 0.3 is 0 Å². The first-order chi connectivity index (χ1) is 10.0. The van der Waals surface area contributed by atoms with E-state index in [9.17, 15) is 19.7 Å². The van der Waals surface area contributed by atoms with Crippen LogP contribution in [0.3, 0.4) is 0 Å². The summed E-state index contributed by atoms with van der Waals surface area (Å²) in [7, 11) is 0. The van der Waals surface area contributed by atoms with Crippen molar-refractivity contribution in [1.29, 1.82) is 0 Å². The molecule has 4 atom stereocenters. The number of rotatable bonds is 6. The lowest BCUT2D eigenvalue weighted by molar-refractivity contribution is -0.769. The number of carbonyl (C=O) groups is 2. The molecule has 0 radical (unpaired) electrons. The van der Waals surface area contributed by atoms with Crippen molar-refractivity contribution < 1.29 is 34.1 Å². The van der Waals surface area contributed by atoms with Crippen LogP contribution in [0.25, 0.3) is 0 Å². The molecule has 0 unspecified atom stereocenters. The fraction of sp³-hybridized carbons (Fsp3) is 0.800. The standard InChI is InChI=1S/C10H15N3O8/c14-2-8(16)11-1-7(15)12-5-3-19-10-6(21-13(17)18)4-20-9(5)10/h5-6,9-10,14H,1-4H2,(H,11,16)(H,12,15)/t5-,6+,9+,10+/m0/s1. The van der Waals surface area contributed by atoms with E-state index in [2.05, 4.69) is 15.5 Å². The van der Waals surface area contributed by atoms with E-state index in [-0.39, 0.29) is 19.8 Å². The van der Waals surface area contributed by atoms with E-state index in [1.165, 1.54) is 0 Å². The van der Waals surface area contributed by atoms with E-state index in [0.29, 0.717) is 0 Å². The monoisotopic (exact) mass is 305 g/mol. The number of amides is 2. The van der Waals surface area contributed by atoms with Crippen LogP contribution in [0.4, 0.5) is 0 Å². The Bertz CT molecular complexity index is 431. The zero-order chi connectivity index (χ0) is 15.4. The van der Waals surface area contributed by atoms with Crippen molar-refractivity contribution in [3.63, 3.8) is 0 Å². The minimum Gasteiger partial charge on any atom is -0.387 e. The number of ether oxygens (including phenoxy) is 2. The van der Waals surface area contributed by atoms with Crippen molar-refractivity contribution >= 4 is 11.8 Å². The first-order valence-corrected chi connectivity index (χ1v) is 6.22. The molecule has 118 valence electrons. The topological polar surface area (TPSA) is 149 Å². The van der Waals surface area contributed by atoms with Gasteiger partial charge in [0.15, 0.2) is 6.10 Å². The third-order valence-electron chi connectivity index (χ3n) is 3.17. The molecule has 11 nitrogen and oxygen atoms in total. The Hall–Kier alpha value is -1.98. The minimum atomic E-state index is -0.907. The summed E-state index contributed by atoms with van der Waals surface area (Å²) in [5.41, 5.74) is 0. The number of nitrogens with zero attached hydrogens (tertiary/aromatic N) is 1. The lowest BCUT2D eigenvalue weighted by atomic mass is 10.1. The molecule has 0 aromatic heterocycles. The summed E-state index contributed by atoms with van der Waals surface area (Å²) in [5, 5.41) is 22.7. The molecular weight excluding hydrogens is 290 g/mol. The van der Waals surface area contributed by atoms with Crippen LogP contribution in [-0.4, -0.2) is 72.7 Å². The van der Waals surface area contributed by atoms with Crippen molar-refractivity contribution in [2.24, 2.45) is 0 Å². The fourth-order valence-electron chi connectivity index (χ4n) is 2.28. The smallest absolute Gasteiger partial charge is 0.294 e. The number of aliphatic hydroxyl groups excluding tert-OH is 1. The number of carbonyl (C=O) groups excluding carboxylic acids is 2. The Morgan fingerprint density at radius 2 is 2.00 bits per heavy atom. The third-order valence-corrected chi connectivity index (χ3v) is 3.17. The molecule has 2 saturated heterocycles. The quantitative estimate of drug-likeness (QED) is 0.346. The molecule has 2 heterocycles. The summed E-state index contributed by atoms with van der Waals surface area (Å²) >= 11 is 0.